The van der Waals surface area contributed by atoms with Gasteiger partial charge in [-0.3, -0.25) is 4.79 Å². The first-order chi connectivity index (χ1) is 7.75. The van der Waals surface area contributed by atoms with Crippen LogP contribution in [-0.4, -0.2) is 36.4 Å². The summed E-state index contributed by atoms with van der Waals surface area (Å²) in [6.07, 6.45) is 4.46. The average molecular weight is 225 g/mol. The number of ether oxygens (including phenoxy) is 1. The van der Waals surface area contributed by atoms with E-state index >= 15 is 0 Å². The van der Waals surface area contributed by atoms with Gasteiger partial charge in [0, 0.05) is 18.7 Å². The number of carboxylic acids is 1. The van der Waals surface area contributed by atoms with Gasteiger partial charge in [0.2, 0.25) is 0 Å². The van der Waals surface area contributed by atoms with E-state index in [0.29, 0.717) is 17.9 Å². The number of hydrogen-bond donors (Lipinski definition) is 2. The minimum atomic E-state index is -0.608. The van der Waals surface area contributed by atoms with Gasteiger partial charge in [-0.25, -0.2) is 0 Å². The molecule has 2 N–H and O–H groups in total. The van der Waals surface area contributed by atoms with E-state index in [1.165, 1.54) is 6.42 Å². The Balaban J connectivity index is 1.69. The number of aliphatic carboxylic acids is 1. The van der Waals surface area contributed by atoms with Crippen LogP contribution in [0.4, 0.5) is 0 Å². The Morgan fingerprint density at radius 1 is 1.25 bits per heavy atom. The van der Waals surface area contributed by atoms with Crippen LogP contribution in [0.2, 0.25) is 0 Å². The SMILES string of the molecule is O=C(O)C1C2CCC(C2)C1NC1CCOC1. The van der Waals surface area contributed by atoms with Crippen molar-refractivity contribution in [3.05, 3.63) is 0 Å². The number of hydrogen-bond acceptors (Lipinski definition) is 3. The molecule has 2 aliphatic carbocycles. The molecule has 4 heteroatoms. The lowest BCUT2D eigenvalue weighted by Gasteiger charge is -2.31. The molecular weight excluding hydrogens is 206 g/mol. The first kappa shape index (κ1) is 10.5. The lowest BCUT2D eigenvalue weighted by Crippen LogP contribution is -2.48. The highest BCUT2D eigenvalue weighted by Gasteiger charge is 2.51. The highest BCUT2D eigenvalue weighted by atomic mass is 16.5. The van der Waals surface area contributed by atoms with Crippen molar-refractivity contribution >= 4 is 5.97 Å². The molecule has 0 aromatic rings. The lowest BCUT2D eigenvalue weighted by molar-refractivity contribution is -0.144. The molecule has 2 saturated carbocycles. The summed E-state index contributed by atoms with van der Waals surface area (Å²) in [4.78, 5) is 11.3. The van der Waals surface area contributed by atoms with Gasteiger partial charge in [-0.1, -0.05) is 0 Å². The monoisotopic (exact) mass is 225 g/mol. The van der Waals surface area contributed by atoms with Crippen LogP contribution in [0, 0.1) is 17.8 Å². The molecule has 0 radical (unpaired) electrons. The quantitative estimate of drug-likeness (QED) is 0.748. The average Bonchev–Trinajstić information content (AvgIpc) is 2.90. The van der Waals surface area contributed by atoms with E-state index in [1.54, 1.807) is 0 Å². The zero-order chi connectivity index (χ0) is 11.1. The molecule has 5 atom stereocenters. The summed E-state index contributed by atoms with van der Waals surface area (Å²) in [5, 5.41) is 12.8. The van der Waals surface area contributed by atoms with Crippen LogP contribution in [0.5, 0.6) is 0 Å². The first-order valence-electron chi connectivity index (χ1n) is 6.32. The van der Waals surface area contributed by atoms with Crippen molar-refractivity contribution in [1.82, 2.24) is 5.32 Å². The molecule has 3 fully saturated rings. The van der Waals surface area contributed by atoms with Gasteiger partial charge in [-0.05, 0) is 37.5 Å². The second kappa shape index (κ2) is 4.00. The molecule has 2 bridgehead atoms. The normalized spacial score (nSPS) is 46.4. The number of rotatable bonds is 3. The lowest BCUT2D eigenvalue weighted by atomic mass is 9.84. The van der Waals surface area contributed by atoms with E-state index in [-0.39, 0.29) is 12.0 Å². The molecule has 0 amide bonds. The fourth-order valence-electron chi connectivity index (χ4n) is 3.82. The van der Waals surface area contributed by atoms with E-state index in [9.17, 15) is 9.90 Å². The molecule has 5 unspecified atom stereocenters. The van der Waals surface area contributed by atoms with Crippen LogP contribution >= 0.6 is 0 Å². The Labute approximate surface area is 95.4 Å². The maximum Gasteiger partial charge on any atom is 0.308 e. The second-order valence-corrected chi connectivity index (χ2v) is 5.45. The van der Waals surface area contributed by atoms with Crippen LogP contribution in [0.25, 0.3) is 0 Å². The maximum absolute atomic E-state index is 11.3. The molecule has 1 saturated heterocycles. The van der Waals surface area contributed by atoms with Crippen LogP contribution in [0.1, 0.15) is 25.7 Å². The van der Waals surface area contributed by atoms with E-state index < -0.39 is 5.97 Å². The minimum absolute atomic E-state index is 0.153. The topological polar surface area (TPSA) is 58.6 Å². The third kappa shape index (κ3) is 1.64. The predicted octanol–water partition coefficient (Wildman–Crippen LogP) is 0.864. The summed E-state index contributed by atoms with van der Waals surface area (Å²) in [6.45, 7) is 1.57. The molecule has 90 valence electrons. The molecule has 0 spiro atoms. The van der Waals surface area contributed by atoms with Gasteiger partial charge in [-0.2, -0.15) is 0 Å². The molecular formula is C12H19NO3. The van der Waals surface area contributed by atoms with E-state index in [1.807, 2.05) is 0 Å². The fraction of sp³-hybridized carbons (Fsp3) is 0.917. The summed E-state index contributed by atoms with van der Waals surface area (Å²) in [6, 6.07) is 0.578. The van der Waals surface area contributed by atoms with Gasteiger partial charge in [0.25, 0.3) is 0 Å². The second-order valence-electron chi connectivity index (χ2n) is 5.45. The Hall–Kier alpha value is -0.610. The standard InChI is InChI=1S/C12H19NO3/c14-12(15)10-7-1-2-8(5-7)11(10)13-9-3-4-16-6-9/h7-11,13H,1-6H2,(H,14,15). The van der Waals surface area contributed by atoms with Crippen LogP contribution in [0.3, 0.4) is 0 Å². The number of nitrogens with one attached hydrogen (secondary N) is 1. The number of carboxylic acid groups (broad SMARTS) is 1. The Morgan fingerprint density at radius 2 is 2.06 bits per heavy atom. The van der Waals surface area contributed by atoms with Crippen LogP contribution in [0.15, 0.2) is 0 Å². The van der Waals surface area contributed by atoms with Gasteiger partial charge in [0.15, 0.2) is 0 Å². The largest absolute Gasteiger partial charge is 0.481 e. The molecule has 16 heavy (non-hydrogen) atoms. The van der Waals surface area contributed by atoms with E-state index in [2.05, 4.69) is 5.32 Å². The molecule has 4 nitrogen and oxygen atoms in total. The van der Waals surface area contributed by atoms with Gasteiger partial charge in [0.1, 0.15) is 0 Å². The van der Waals surface area contributed by atoms with Crippen molar-refractivity contribution in [1.29, 1.82) is 0 Å². The molecule has 0 aromatic carbocycles. The molecule has 0 aromatic heterocycles. The Kier molecular flexibility index (Phi) is 2.64. The fourth-order valence-corrected chi connectivity index (χ4v) is 3.82. The summed E-state index contributed by atoms with van der Waals surface area (Å²) >= 11 is 0. The van der Waals surface area contributed by atoms with Crippen molar-refractivity contribution in [2.75, 3.05) is 13.2 Å². The van der Waals surface area contributed by atoms with Crippen molar-refractivity contribution in [3.8, 4) is 0 Å². The van der Waals surface area contributed by atoms with Gasteiger partial charge in [-0.15, -0.1) is 0 Å². The number of carbonyl (C=O) groups is 1. The van der Waals surface area contributed by atoms with Crippen molar-refractivity contribution in [3.63, 3.8) is 0 Å². The third-order valence-electron chi connectivity index (χ3n) is 4.56. The zero-order valence-corrected chi connectivity index (χ0v) is 9.39. The molecule has 3 rings (SSSR count). The summed E-state index contributed by atoms with van der Waals surface area (Å²) in [5.74, 6) is 0.247. The summed E-state index contributed by atoms with van der Waals surface area (Å²) in [5.41, 5.74) is 0. The van der Waals surface area contributed by atoms with Gasteiger partial charge >= 0.3 is 5.97 Å². The number of fused-ring (bicyclic) bond motifs is 2. The molecule has 1 heterocycles. The van der Waals surface area contributed by atoms with Crippen molar-refractivity contribution in [2.45, 2.75) is 37.8 Å². The van der Waals surface area contributed by atoms with E-state index in [4.69, 9.17) is 4.74 Å². The van der Waals surface area contributed by atoms with E-state index in [0.717, 1.165) is 32.5 Å². The van der Waals surface area contributed by atoms with Crippen LogP contribution < -0.4 is 5.32 Å². The van der Waals surface area contributed by atoms with Gasteiger partial charge in [0.05, 0.1) is 12.5 Å². The first-order valence-corrected chi connectivity index (χ1v) is 6.32. The van der Waals surface area contributed by atoms with Gasteiger partial charge < -0.3 is 15.2 Å². The predicted molar refractivity (Wildman–Crippen MR) is 58.1 cm³/mol. The highest BCUT2D eigenvalue weighted by Crippen LogP contribution is 2.48. The highest BCUT2D eigenvalue weighted by molar-refractivity contribution is 5.72. The smallest absolute Gasteiger partial charge is 0.308 e. The van der Waals surface area contributed by atoms with Crippen LogP contribution in [-0.2, 0) is 9.53 Å². The third-order valence-corrected chi connectivity index (χ3v) is 4.56. The minimum Gasteiger partial charge on any atom is -0.481 e. The summed E-state index contributed by atoms with van der Waals surface area (Å²) in [7, 11) is 0. The molecule has 3 aliphatic rings. The van der Waals surface area contributed by atoms with Crippen molar-refractivity contribution < 1.29 is 14.6 Å². The maximum atomic E-state index is 11.3. The molecule has 1 aliphatic heterocycles. The Morgan fingerprint density at radius 3 is 2.75 bits per heavy atom. The zero-order valence-electron chi connectivity index (χ0n) is 9.39. The Bertz CT molecular complexity index is 288. The summed E-state index contributed by atoms with van der Waals surface area (Å²) < 4.78 is 5.33. The van der Waals surface area contributed by atoms with Crippen molar-refractivity contribution in [2.24, 2.45) is 17.8 Å².